The number of thiophene rings is 1. The van der Waals surface area contributed by atoms with E-state index in [0.717, 1.165) is 12.0 Å². The summed E-state index contributed by atoms with van der Waals surface area (Å²) in [4.78, 5) is 2.51. The lowest BCUT2D eigenvalue weighted by molar-refractivity contribution is 0.0803. The van der Waals surface area contributed by atoms with Gasteiger partial charge in [-0.2, -0.15) is 0 Å². The Hall–Kier alpha value is -0.380. The maximum Gasteiger partial charge on any atom is 0.0851 e. The number of aliphatic hydroxyl groups is 1. The Morgan fingerprint density at radius 1 is 1.53 bits per heavy atom. The fourth-order valence-corrected chi connectivity index (χ4v) is 3.23. The largest absolute Gasteiger partial charge is 0.388 e. The molecule has 1 saturated heterocycles. The van der Waals surface area contributed by atoms with Gasteiger partial charge in [0.15, 0.2) is 0 Å². The SMILES string of the molecule is Cc1cc(C(O)C2COC(C)C2)c(C)s1. The van der Waals surface area contributed by atoms with Crippen LogP contribution in [0.3, 0.4) is 0 Å². The van der Waals surface area contributed by atoms with Gasteiger partial charge in [-0.15, -0.1) is 11.3 Å². The van der Waals surface area contributed by atoms with Gasteiger partial charge in [0, 0.05) is 15.7 Å². The Bertz CT molecular complexity index is 345. The molecule has 2 nitrogen and oxygen atoms in total. The molecule has 0 saturated carbocycles. The third-order valence-corrected chi connectivity index (χ3v) is 4.06. The monoisotopic (exact) mass is 226 g/mol. The maximum absolute atomic E-state index is 10.3. The second-order valence-corrected chi connectivity index (χ2v) is 5.91. The van der Waals surface area contributed by atoms with Gasteiger partial charge < -0.3 is 9.84 Å². The Kier molecular flexibility index (Phi) is 3.14. The first-order chi connectivity index (χ1) is 7.08. The van der Waals surface area contributed by atoms with Crippen molar-refractivity contribution < 1.29 is 9.84 Å². The van der Waals surface area contributed by atoms with Crippen molar-refractivity contribution in [3.8, 4) is 0 Å². The molecule has 1 fully saturated rings. The Labute approximate surface area is 94.9 Å². The summed E-state index contributed by atoms with van der Waals surface area (Å²) in [6, 6.07) is 2.10. The molecule has 1 aliphatic rings. The third-order valence-electron chi connectivity index (χ3n) is 3.07. The highest BCUT2D eigenvalue weighted by Gasteiger charge is 2.30. The number of aryl methyl sites for hydroxylation is 2. The van der Waals surface area contributed by atoms with Gasteiger partial charge in [-0.1, -0.05) is 0 Å². The van der Waals surface area contributed by atoms with E-state index in [-0.39, 0.29) is 12.0 Å². The van der Waals surface area contributed by atoms with Crippen molar-refractivity contribution in [1.82, 2.24) is 0 Å². The topological polar surface area (TPSA) is 29.5 Å². The van der Waals surface area contributed by atoms with Crippen LogP contribution in [0.5, 0.6) is 0 Å². The number of aliphatic hydroxyl groups excluding tert-OH is 1. The molecular formula is C12H18O2S. The highest BCUT2D eigenvalue weighted by atomic mass is 32.1. The van der Waals surface area contributed by atoms with Crippen LogP contribution in [0.4, 0.5) is 0 Å². The van der Waals surface area contributed by atoms with Crippen LogP contribution in [0, 0.1) is 19.8 Å². The van der Waals surface area contributed by atoms with E-state index in [0.29, 0.717) is 12.7 Å². The third kappa shape index (κ3) is 2.25. The first-order valence-electron chi connectivity index (χ1n) is 5.44. The molecule has 15 heavy (non-hydrogen) atoms. The first kappa shape index (κ1) is 11.1. The van der Waals surface area contributed by atoms with E-state index < -0.39 is 0 Å². The van der Waals surface area contributed by atoms with Crippen molar-refractivity contribution >= 4 is 11.3 Å². The first-order valence-corrected chi connectivity index (χ1v) is 6.26. The van der Waals surface area contributed by atoms with Crippen LogP contribution in [0.15, 0.2) is 6.07 Å². The van der Waals surface area contributed by atoms with Crippen molar-refractivity contribution in [3.63, 3.8) is 0 Å². The van der Waals surface area contributed by atoms with Crippen molar-refractivity contribution in [3.05, 3.63) is 21.4 Å². The van der Waals surface area contributed by atoms with Gasteiger partial charge in [0.1, 0.15) is 0 Å². The molecule has 3 atom stereocenters. The van der Waals surface area contributed by atoms with E-state index >= 15 is 0 Å². The van der Waals surface area contributed by atoms with Crippen LogP contribution >= 0.6 is 11.3 Å². The smallest absolute Gasteiger partial charge is 0.0851 e. The van der Waals surface area contributed by atoms with Crippen molar-refractivity contribution in [2.24, 2.45) is 5.92 Å². The van der Waals surface area contributed by atoms with E-state index in [1.165, 1.54) is 9.75 Å². The molecule has 1 N–H and O–H groups in total. The molecule has 2 heterocycles. The normalized spacial score (nSPS) is 28.3. The fraction of sp³-hybridized carbons (Fsp3) is 0.667. The van der Waals surface area contributed by atoms with E-state index in [9.17, 15) is 5.11 Å². The molecule has 0 bridgehead atoms. The highest BCUT2D eigenvalue weighted by Crippen LogP contribution is 2.35. The molecule has 0 spiro atoms. The zero-order valence-electron chi connectivity index (χ0n) is 9.49. The summed E-state index contributed by atoms with van der Waals surface area (Å²) in [5.74, 6) is 0.271. The summed E-state index contributed by atoms with van der Waals surface area (Å²) in [5.41, 5.74) is 1.10. The average molecular weight is 226 g/mol. The van der Waals surface area contributed by atoms with Crippen LogP contribution in [0.25, 0.3) is 0 Å². The second kappa shape index (κ2) is 4.24. The molecule has 1 aromatic rings. The Morgan fingerprint density at radius 2 is 2.27 bits per heavy atom. The number of hydrogen-bond acceptors (Lipinski definition) is 3. The Morgan fingerprint density at radius 3 is 2.73 bits per heavy atom. The molecule has 0 aliphatic carbocycles. The minimum absolute atomic E-state index is 0.271. The predicted octanol–water partition coefficient (Wildman–Crippen LogP) is 2.82. The van der Waals surface area contributed by atoms with Crippen molar-refractivity contribution in [1.29, 1.82) is 0 Å². The fourth-order valence-electron chi connectivity index (χ4n) is 2.27. The van der Waals surface area contributed by atoms with Crippen molar-refractivity contribution in [2.45, 2.75) is 39.4 Å². The van der Waals surface area contributed by atoms with Gasteiger partial charge in [0.05, 0.1) is 18.8 Å². The minimum atomic E-state index is -0.347. The van der Waals surface area contributed by atoms with Crippen LogP contribution in [0.2, 0.25) is 0 Å². The predicted molar refractivity (Wildman–Crippen MR) is 62.3 cm³/mol. The molecule has 0 aromatic carbocycles. The van der Waals surface area contributed by atoms with E-state index in [1.807, 2.05) is 0 Å². The highest BCUT2D eigenvalue weighted by molar-refractivity contribution is 7.12. The van der Waals surface area contributed by atoms with E-state index in [4.69, 9.17) is 4.74 Å². The van der Waals surface area contributed by atoms with Crippen LogP contribution in [-0.4, -0.2) is 17.8 Å². The molecular weight excluding hydrogens is 208 g/mol. The number of hydrogen-bond donors (Lipinski definition) is 1. The van der Waals surface area contributed by atoms with Crippen molar-refractivity contribution in [2.75, 3.05) is 6.61 Å². The summed E-state index contributed by atoms with van der Waals surface area (Å²) < 4.78 is 5.50. The van der Waals surface area contributed by atoms with E-state index in [1.54, 1.807) is 11.3 Å². The van der Waals surface area contributed by atoms with Gasteiger partial charge in [-0.25, -0.2) is 0 Å². The molecule has 1 aliphatic heterocycles. The lowest BCUT2D eigenvalue weighted by atomic mass is 9.94. The van der Waals surface area contributed by atoms with Gasteiger partial charge in [-0.05, 0) is 38.8 Å². The summed E-state index contributed by atoms with van der Waals surface area (Å²) >= 11 is 1.76. The molecule has 1 aromatic heterocycles. The Balaban J connectivity index is 2.13. The van der Waals surface area contributed by atoms with Gasteiger partial charge in [0.2, 0.25) is 0 Å². The van der Waals surface area contributed by atoms with Gasteiger partial charge >= 0.3 is 0 Å². The lowest BCUT2D eigenvalue weighted by Gasteiger charge is -2.16. The average Bonchev–Trinajstić information content (AvgIpc) is 2.71. The van der Waals surface area contributed by atoms with Crippen LogP contribution < -0.4 is 0 Å². The van der Waals surface area contributed by atoms with Gasteiger partial charge in [-0.3, -0.25) is 0 Å². The van der Waals surface area contributed by atoms with Gasteiger partial charge in [0.25, 0.3) is 0 Å². The van der Waals surface area contributed by atoms with Crippen LogP contribution in [-0.2, 0) is 4.74 Å². The molecule has 0 amide bonds. The molecule has 84 valence electrons. The minimum Gasteiger partial charge on any atom is -0.388 e. The summed E-state index contributed by atoms with van der Waals surface area (Å²) in [6.07, 6.45) is 0.916. The maximum atomic E-state index is 10.3. The van der Waals surface area contributed by atoms with Crippen LogP contribution in [0.1, 0.15) is 34.8 Å². The summed E-state index contributed by atoms with van der Waals surface area (Å²) in [6.45, 7) is 6.92. The lowest BCUT2D eigenvalue weighted by Crippen LogP contribution is -2.12. The molecule has 2 rings (SSSR count). The molecule has 0 radical (unpaired) electrons. The zero-order chi connectivity index (χ0) is 11.0. The summed E-state index contributed by atoms with van der Waals surface area (Å²) in [7, 11) is 0. The molecule has 3 heteroatoms. The summed E-state index contributed by atoms with van der Waals surface area (Å²) in [5, 5.41) is 10.3. The standard InChI is InChI=1S/C12H18O2S/c1-7-4-10(6-14-7)12(13)11-5-8(2)15-9(11)3/h5,7,10,12-13H,4,6H2,1-3H3. The quantitative estimate of drug-likeness (QED) is 0.840. The second-order valence-electron chi connectivity index (χ2n) is 4.45. The zero-order valence-corrected chi connectivity index (χ0v) is 10.3. The van der Waals surface area contributed by atoms with E-state index in [2.05, 4.69) is 26.8 Å². The number of ether oxygens (including phenoxy) is 1. The molecule has 3 unspecified atom stereocenters. The number of rotatable bonds is 2.